The Hall–Kier alpha value is -3.60. The molecule has 2 heterocycles. The molecule has 0 aromatic heterocycles. The molecule has 178 valence electrons. The predicted octanol–water partition coefficient (Wildman–Crippen LogP) is 6.79. The van der Waals surface area contributed by atoms with E-state index in [2.05, 4.69) is 42.5 Å². The fraction of sp³-hybridized carbons (Fsp3) is 0.300. The van der Waals surface area contributed by atoms with E-state index in [1.165, 1.54) is 28.3 Å². The Morgan fingerprint density at radius 1 is 1.00 bits per heavy atom. The SMILES string of the molecule is CCOc1cc(F)cc(C2=CC3CCC(C2)N3C(=O)OCC2c3ccccc3-c3ccccc32)c1. The molecule has 1 fully saturated rings. The Morgan fingerprint density at radius 3 is 2.40 bits per heavy atom. The van der Waals surface area contributed by atoms with E-state index in [-0.39, 0.29) is 29.9 Å². The lowest BCUT2D eigenvalue weighted by atomic mass is 9.94. The standard InChI is InChI=1S/C30H28FNO3/c1-2-34-24-16-19(13-21(31)17-24)20-14-22-11-12-23(15-20)32(22)30(33)35-18-29-27-9-5-3-7-25(27)26-8-4-6-10-28(26)29/h3-10,13-14,16-17,22-23,29H,2,11-12,15,18H2,1H3. The van der Waals surface area contributed by atoms with Gasteiger partial charge in [0.2, 0.25) is 0 Å². The summed E-state index contributed by atoms with van der Waals surface area (Å²) in [6.07, 6.45) is 4.35. The van der Waals surface area contributed by atoms with E-state index in [4.69, 9.17) is 9.47 Å². The van der Waals surface area contributed by atoms with E-state index < -0.39 is 0 Å². The van der Waals surface area contributed by atoms with Gasteiger partial charge in [0.15, 0.2) is 0 Å². The number of carbonyl (C=O) groups excluding carboxylic acids is 1. The molecular formula is C30H28FNO3. The van der Waals surface area contributed by atoms with Crippen LogP contribution in [0.5, 0.6) is 5.75 Å². The molecule has 3 aromatic carbocycles. The zero-order valence-corrected chi connectivity index (χ0v) is 19.7. The van der Waals surface area contributed by atoms with Crippen LogP contribution in [0.25, 0.3) is 16.7 Å². The summed E-state index contributed by atoms with van der Waals surface area (Å²) < 4.78 is 25.7. The molecule has 1 amide bonds. The number of rotatable bonds is 5. The summed E-state index contributed by atoms with van der Waals surface area (Å²) in [6, 6.07) is 21.6. The monoisotopic (exact) mass is 469 g/mol. The van der Waals surface area contributed by atoms with Crippen LogP contribution >= 0.6 is 0 Å². The fourth-order valence-electron chi connectivity index (χ4n) is 6.00. The molecule has 3 aliphatic rings. The Bertz CT molecular complexity index is 1270. The Balaban J connectivity index is 1.19. The summed E-state index contributed by atoms with van der Waals surface area (Å²) in [5.41, 5.74) is 6.76. The van der Waals surface area contributed by atoms with Crippen molar-refractivity contribution in [1.29, 1.82) is 0 Å². The largest absolute Gasteiger partial charge is 0.494 e. The summed E-state index contributed by atoms with van der Waals surface area (Å²) in [6.45, 7) is 2.70. The van der Waals surface area contributed by atoms with Crippen molar-refractivity contribution in [3.63, 3.8) is 0 Å². The maximum Gasteiger partial charge on any atom is 0.410 e. The molecule has 0 N–H and O–H groups in total. The first-order valence-electron chi connectivity index (χ1n) is 12.4. The van der Waals surface area contributed by atoms with Crippen LogP contribution in [0.3, 0.4) is 0 Å². The maximum absolute atomic E-state index is 14.2. The molecular weight excluding hydrogens is 441 g/mol. The van der Waals surface area contributed by atoms with E-state index in [0.717, 1.165) is 24.0 Å². The van der Waals surface area contributed by atoms with Gasteiger partial charge in [0, 0.05) is 18.0 Å². The van der Waals surface area contributed by atoms with Gasteiger partial charge in [-0.25, -0.2) is 9.18 Å². The number of hydrogen-bond acceptors (Lipinski definition) is 3. The molecule has 0 spiro atoms. The van der Waals surface area contributed by atoms with E-state index in [0.29, 0.717) is 25.4 Å². The molecule has 1 aliphatic carbocycles. The van der Waals surface area contributed by atoms with Crippen molar-refractivity contribution in [3.8, 4) is 16.9 Å². The minimum Gasteiger partial charge on any atom is -0.494 e. The van der Waals surface area contributed by atoms with Gasteiger partial charge in [-0.2, -0.15) is 0 Å². The first-order chi connectivity index (χ1) is 17.1. The topological polar surface area (TPSA) is 38.8 Å². The highest BCUT2D eigenvalue weighted by Gasteiger charge is 2.41. The molecule has 2 bridgehead atoms. The number of amides is 1. The molecule has 2 unspecified atom stereocenters. The molecule has 2 aliphatic heterocycles. The van der Waals surface area contributed by atoms with Crippen LogP contribution in [0.4, 0.5) is 9.18 Å². The number of ether oxygens (including phenoxy) is 2. The minimum absolute atomic E-state index is 0.0294. The van der Waals surface area contributed by atoms with Gasteiger partial charge in [0.25, 0.3) is 0 Å². The van der Waals surface area contributed by atoms with Crippen molar-refractivity contribution in [3.05, 3.63) is 95.3 Å². The first kappa shape index (κ1) is 21.9. The molecule has 3 aromatic rings. The zero-order chi connectivity index (χ0) is 23.9. The lowest BCUT2D eigenvalue weighted by Gasteiger charge is -2.33. The summed E-state index contributed by atoms with van der Waals surface area (Å²) in [4.78, 5) is 15.2. The van der Waals surface area contributed by atoms with Gasteiger partial charge < -0.3 is 9.47 Å². The number of nitrogens with zero attached hydrogens (tertiary/aromatic N) is 1. The zero-order valence-electron chi connectivity index (χ0n) is 19.7. The van der Waals surface area contributed by atoms with Gasteiger partial charge in [-0.3, -0.25) is 4.90 Å². The second-order valence-electron chi connectivity index (χ2n) is 9.51. The third kappa shape index (κ3) is 3.89. The van der Waals surface area contributed by atoms with Gasteiger partial charge >= 0.3 is 6.09 Å². The van der Waals surface area contributed by atoms with Gasteiger partial charge in [0.1, 0.15) is 18.2 Å². The van der Waals surface area contributed by atoms with Crippen LogP contribution < -0.4 is 4.74 Å². The Morgan fingerprint density at radius 2 is 1.71 bits per heavy atom. The van der Waals surface area contributed by atoms with Crippen LogP contribution in [0.15, 0.2) is 72.8 Å². The number of halogens is 1. The van der Waals surface area contributed by atoms with Gasteiger partial charge in [-0.15, -0.1) is 0 Å². The van der Waals surface area contributed by atoms with E-state index >= 15 is 0 Å². The number of benzene rings is 3. The van der Waals surface area contributed by atoms with Crippen LogP contribution in [0.1, 0.15) is 48.8 Å². The summed E-state index contributed by atoms with van der Waals surface area (Å²) in [5.74, 6) is 0.275. The second-order valence-corrected chi connectivity index (χ2v) is 9.51. The third-order valence-corrected chi connectivity index (χ3v) is 7.50. The minimum atomic E-state index is -0.307. The second kappa shape index (κ2) is 8.88. The third-order valence-electron chi connectivity index (χ3n) is 7.50. The maximum atomic E-state index is 14.2. The van der Waals surface area contributed by atoms with E-state index in [9.17, 15) is 9.18 Å². The highest BCUT2D eigenvalue weighted by atomic mass is 19.1. The molecule has 0 radical (unpaired) electrons. The number of carbonyl (C=O) groups is 1. The summed E-state index contributed by atoms with van der Waals surface area (Å²) in [7, 11) is 0. The number of hydrogen-bond donors (Lipinski definition) is 0. The average molecular weight is 470 g/mol. The van der Waals surface area contributed by atoms with Crippen LogP contribution in [0.2, 0.25) is 0 Å². The van der Waals surface area contributed by atoms with Gasteiger partial charge in [-0.05, 0) is 71.7 Å². The molecule has 0 saturated carbocycles. The van der Waals surface area contributed by atoms with Crippen LogP contribution in [0, 0.1) is 5.82 Å². The molecule has 5 heteroatoms. The summed E-state index contributed by atoms with van der Waals surface area (Å²) in [5, 5.41) is 0. The lowest BCUT2D eigenvalue weighted by Crippen LogP contribution is -2.43. The smallest absolute Gasteiger partial charge is 0.410 e. The quantitative estimate of drug-likeness (QED) is 0.413. The molecule has 2 atom stereocenters. The lowest BCUT2D eigenvalue weighted by molar-refractivity contribution is 0.0866. The summed E-state index contributed by atoms with van der Waals surface area (Å²) >= 11 is 0. The van der Waals surface area contributed by atoms with Crippen LogP contribution in [-0.4, -0.2) is 36.3 Å². The van der Waals surface area contributed by atoms with Crippen molar-refractivity contribution in [2.45, 2.75) is 44.2 Å². The Kier molecular flexibility index (Phi) is 5.56. The van der Waals surface area contributed by atoms with Gasteiger partial charge in [0.05, 0.1) is 12.6 Å². The highest BCUT2D eigenvalue weighted by molar-refractivity contribution is 5.79. The van der Waals surface area contributed by atoms with Crippen molar-refractivity contribution >= 4 is 11.7 Å². The normalized spacial score (nSPS) is 20.3. The van der Waals surface area contributed by atoms with E-state index in [1.807, 2.05) is 30.0 Å². The predicted molar refractivity (Wildman–Crippen MR) is 134 cm³/mol. The molecule has 1 saturated heterocycles. The first-order valence-corrected chi connectivity index (χ1v) is 12.4. The molecule has 35 heavy (non-hydrogen) atoms. The average Bonchev–Trinajstić information content (AvgIpc) is 3.33. The Labute approximate surface area is 205 Å². The van der Waals surface area contributed by atoms with Crippen molar-refractivity contribution in [2.75, 3.05) is 13.2 Å². The molecule has 6 rings (SSSR count). The van der Waals surface area contributed by atoms with Crippen molar-refractivity contribution in [1.82, 2.24) is 4.90 Å². The number of fused-ring (bicyclic) bond motifs is 5. The fourth-order valence-corrected chi connectivity index (χ4v) is 6.00. The van der Waals surface area contributed by atoms with Crippen LogP contribution in [-0.2, 0) is 4.74 Å². The van der Waals surface area contributed by atoms with Gasteiger partial charge in [-0.1, -0.05) is 54.6 Å². The molecule has 4 nitrogen and oxygen atoms in total. The van der Waals surface area contributed by atoms with E-state index in [1.54, 1.807) is 6.07 Å². The highest BCUT2D eigenvalue weighted by Crippen LogP contribution is 2.45. The van der Waals surface area contributed by atoms with Crippen molar-refractivity contribution in [2.24, 2.45) is 0 Å². The van der Waals surface area contributed by atoms with Crippen molar-refractivity contribution < 1.29 is 18.7 Å².